The first kappa shape index (κ1) is 14.6. The van der Waals surface area contributed by atoms with Crippen molar-refractivity contribution < 1.29 is 9.90 Å². The second kappa shape index (κ2) is 5.70. The Morgan fingerprint density at radius 1 is 1.37 bits per heavy atom. The van der Waals surface area contributed by atoms with E-state index >= 15 is 0 Å². The van der Waals surface area contributed by atoms with E-state index < -0.39 is 11.5 Å². The van der Waals surface area contributed by atoms with E-state index in [1.54, 1.807) is 6.07 Å². The number of benzene rings is 1. The molecule has 0 bridgehead atoms. The molecule has 0 spiro atoms. The topological polar surface area (TPSA) is 40.5 Å². The Labute approximate surface area is 123 Å². The van der Waals surface area contributed by atoms with Crippen LogP contribution in [-0.4, -0.2) is 28.1 Å². The summed E-state index contributed by atoms with van der Waals surface area (Å²) in [4.78, 5) is 13.6. The fraction of sp³-hybridized carbons (Fsp3) is 0.500. The Balaban J connectivity index is 2.24. The summed E-state index contributed by atoms with van der Waals surface area (Å²) >= 11 is 12.0. The number of carboxylic acids is 1. The van der Waals surface area contributed by atoms with Crippen LogP contribution >= 0.6 is 23.2 Å². The van der Waals surface area contributed by atoms with Gasteiger partial charge in [-0.05, 0) is 49.6 Å². The van der Waals surface area contributed by atoms with Gasteiger partial charge in [-0.25, -0.2) is 0 Å². The van der Waals surface area contributed by atoms with Gasteiger partial charge in [0, 0.05) is 16.6 Å². The summed E-state index contributed by atoms with van der Waals surface area (Å²) in [6.45, 7) is 3.29. The maximum atomic E-state index is 11.6. The Hall–Kier alpha value is -0.770. The monoisotopic (exact) mass is 301 g/mol. The highest BCUT2D eigenvalue weighted by molar-refractivity contribution is 6.34. The molecule has 1 N–H and O–H groups in total. The highest BCUT2D eigenvalue weighted by Gasteiger charge is 2.45. The zero-order valence-corrected chi connectivity index (χ0v) is 12.3. The molecule has 1 aromatic carbocycles. The van der Waals surface area contributed by atoms with Gasteiger partial charge in [-0.3, -0.25) is 9.69 Å². The van der Waals surface area contributed by atoms with Gasteiger partial charge in [-0.15, -0.1) is 0 Å². The molecule has 1 aromatic rings. The summed E-state index contributed by atoms with van der Waals surface area (Å²) in [5.74, 6) is -0.736. The number of halogens is 2. The molecule has 104 valence electrons. The first-order chi connectivity index (χ1) is 8.98. The Morgan fingerprint density at radius 2 is 2.00 bits per heavy atom. The second-order valence-corrected chi connectivity index (χ2v) is 5.87. The molecule has 0 radical (unpaired) electrons. The van der Waals surface area contributed by atoms with Crippen LogP contribution in [0, 0.1) is 0 Å². The second-order valence-electron chi connectivity index (χ2n) is 4.99. The average Bonchev–Trinajstić information content (AvgIpc) is 2.71. The van der Waals surface area contributed by atoms with E-state index in [0.717, 1.165) is 18.5 Å². The van der Waals surface area contributed by atoms with Crippen molar-refractivity contribution in [1.29, 1.82) is 0 Å². The number of aliphatic carboxylic acids is 1. The van der Waals surface area contributed by atoms with Crippen molar-refractivity contribution in [3.8, 4) is 0 Å². The molecule has 19 heavy (non-hydrogen) atoms. The van der Waals surface area contributed by atoms with E-state index in [4.69, 9.17) is 23.2 Å². The highest BCUT2D eigenvalue weighted by atomic mass is 35.5. The van der Waals surface area contributed by atoms with E-state index in [2.05, 4.69) is 0 Å². The summed E-state index contributed by atoms with van der Waals surface area (Å²) in [5.41, 5.74) is 0.216. The third-order valence-corrected chi connectivity index (χ3v) is 4.34. The zero-order chi connectivity index (χ0) is 14.0. The maximum absolute atomic E-state index is 11.6. The first-order valence-corrected chi connectivity index (χ1v) is 7.17. The number of likely N-dealkylation sites (tertiary alicyclic amines) is 1. The lowest BCUT2D eigenvalue weighted by Gasteiger charge is -2.34. The van der Waals surface area contributed by atoms with Gasteiger partial charge in [0.05, 0.1) is 0 Å². The third kappa shape index (κ3) is 2.88. The van der Waals surface area contributed by atoms with Gasteiger partial charge in [0.25, 0.3) is 0 Å². The molecule has 0 amide bonds. The van der Waals surface area contributed by atoms with Crippen molar-refractivity contribution in [2.75, 3.05) is 6.54 Å². The molecule has 3 nitrogen and oxygen atoms in total. The molecule has 2 rings (SSSR count). The molecule has 1 fully saturated rings. The standard InChI is InChI=1S/C14H17Cl2NO2/c1-2-14(13(18)19)4-3-5-17(14)9-10-6-11(15)8-12(16)7-10/h6-8H,2-5,9H2,1H3,(H,18,19). The van der Waals surface area contributed by atoms with Crippen molar-refractivity contribution in [2.45, 2.75) is 38.3 Å². The minimum Gasteiger partial charge on any atom is -0.480 e. The lowest BCUT2D eigenvalue weighted by molar-refractivity contribution is -0.150. The van der Waals surface area contributed by atoms with Gasteiger partial charge >= 0.3 is 5.97 Å². The summed E-state index contributed by atoms with van der Waals surface area (Å²) in [6.07, 6.45) is 2.22. The van der Waals surface area contributed by atoms with Crippen molar-refractivity contribution in [1.82, 2.24) is 4.90 Å². The quantitative estimate of drug-likeness (QED) is 0.919. The molecule has 1 aliphatic heterocycles. The van der Waals surface area contributed by atoms with Crippen LogP contribution < -0.4 is 0 Å². The molecule has 5 heteroatoms. The van der Waals surface area contributed by atoms with Gasteiger partial charge in [0.1, 0.15) is 5.54 Å². The SMILES string of the molecule is CCC1(C(=O)O)CCCN1Cc1cc(Cl)cc(Cl)c1. The zero-order valence-electron chi connectivity index (χ0n) is 10.8. The summed E-state index contributed by atoms with van der Waals surface area (Å²) in [5, 5.41) is 10.7. The van der Waals surface area contributed by atoms with Crippen LogP contribution in [-0.2, 0) is 11.3 Å². The van der Waals surface area contributed by atoms with Crippen molar-refractivity contribution in [3.63, 3.8) is 0 Å². The molecule has 0 aliphatic carbocycles. The summed E-state index contributed by atoms with van der Waals surface area (Å²) in [6, 6.07) is 5.36. The van der Waals surface area contributed by atoms with Crippen LogP contribution in [0.2, 0.25) is 10.0 Å². The van der Waals surface area contributed by atoms with Crippen molar-refractivity contribution in [3.05, 3.63) is 33.8 Å². The summed E-state index contributed by atoms with van der Waals surface area (Å²) in [7, 11) is 0. The molecule has 1 saturated heterocycles. The van der Waals surface area contributed by atoms with Crippen molar-refractivity contribution >= 4 is 29.2 Å². The number of carboxylic acid groups (broad SMARTS) is 1. The average molecular weight is 302 g/mol. The lowest BCUT2D eigenvalue weighted by atomic mass is 9.92. The molecule has 1 unspecified atom stereocenters. The first-order valence-electron chi connectivity index (χ1n) is 6.41. The van der Waals surface area contributed by atoms with Crippen LogP contribution in [0.4, 0.5) is 0 Å². The Bertz CT molecular complexity index is 472. The molecule has 0 aromatic heterocycles. The number of carbonyl (C=O) groups is 1. The van der Waals surface area contributed by atoms with Crippen LogP contribution in [0.15, 0.2) is 18.2 Å². The number of nitrogens with zero attached hydrogens (tertiary/aromatic N) is 1. The number of hydrogen-bond acceptors (Lipinski definition) is 2. The molecule has 1 atom stereocenters. The van der Waals surface area contributed by atoms with Crippen LogP contribution in [0.5, 0.6) is 0 Å². The minimum absolute atomic E-state index is 0.570. The van der Waals surface area contributed by atoms with Crippen molar-refractivity contribution in [2.24, 2.45) is 0 Å². The van der Waals surface area contributed by atoms with E-state index in [0.29, 0.717) is 29.4 Å². The van der Waals surface area contributed by atoms with E-state index in [1.807, 2.05) is 24.0 Å². The predicted octanol–water partition coefficient (Wildman–Crippen LogP) is 3.82. The molecule has 0 saturated carbocycles. The molecule has 1 aliphatic rings. The Kier molecular flexibility index (Phi) is 4.39. The molecular formula is C14H17Cl2NO2. The molecule has 1 heterocycles. The fourth-order valence-electron chi connectivity index (χ4n) is 2.88. The highest BCUT2D eigenvalue weighted by Crippen LogP contribution is 2.34. The van der Waals surface area contributed by atoms with Gasteiger partial charge < -0.3 is 5.11 Å². The van der Waals surface area contributed by atoms with E-state index in [9.17, 15) is 9.90 Å². The van der Waals surface area contributed by atoms with Gasteiger partial charge in [0.2, 0.25) is 0 Å². The van der Waals surface area contributed by atoms with E-state index in [-0.39, 0.29) is 0 Å². The van der Waals surface area contributed by atoms with Gasteiger partial charge in [0.15, 0.2) is 0 Å². The number of hydrogen-bond donors (Lipinski definition) is 1. The van der Waals surface area contributed by atoms with E-state index in [1.165, 1.54) is 0 Å². The third-order valence-electron chi connectivity index (χ3n) is 3.90. The smallest absolute Gasteiger partial charge is 0.324 e. The van der Waals surface area contributed by atoms with Crippen LogP contribution in [0.25, 0.3) is 0 Å². The summed E-state index contributed by atoms with van der Waals surface area (Å²) < 4.78 is 0. The predicted molar refractivity (Wildman–Crippen MR) is 76.8 cm³/mol. The minimum atomic E-state index is -0.741. The number of rotatable bonds is 4. The van der Waals surface area contributed by atoms with Gasteiger partial charge in [-0.1, -0.05) is 30.1 Å². The fourth-order valence-corrected chi connectivity index (χ4v) is 3.45. The maximum Gasteiger partial charge on any atom is 0.324 e. The molecular weight excluding hydrogens is 285 g/mol. The largest absolute Gasteiger partial charge is 0.480 e. The lowest BCUT2D eigenvalue weighted by Crippen LogP contribution is -2.49. The Morgan fingerprint density at radius 3 is 2.53 bits per heavy atom. The normalized spacial score (nSPS) is 23.7. The van der Waals surface area contributed by atoms with Crippen LogP contribution in [0.1, 0.15) is 31.7 Å². The van der Waals surface area contributed by atoms with Crippen LogP contribution in [0.3, 0.4) is 0 Å². The van der Waals surface area contributed by atoms with Gasteiger partial charge in [-0.2, -0.15) is 0 Å².